The predicted molar refractivity (Wildman–Crippen MR) is 422 cm³/mol. The maximum absolute atomic E-state index is 3.78. The summed E-state index contributed by atoms with van der Waals surface area (Å²) in [6.45, 7) is 0. The number of anilines is 9. The highest BCUT2D eigenvalue weighted by Crippen LogP contribution is 2.48. The lowest BCUT2D eigenvalue weighted by atomic mass is 9.84. The van der Waals surface area contributed by atoms with Crippen LogP contribution in [0.15, 0.2) is 390 Å². The number of para-hydroxylation sites is 6. The van der Waals surface area contributed by atoms with Crippen LogP contribution in [-0.4, -0.2) is 0 Å². The molecule has 17 aromatic carbocycles. The van der Waals surface area contributed by atoms with Gasteiger partial charge in [0.1, 0.15) is 0 Å². The Hall–Kier alpha value is -10.9. The monoisotopic (exact) mass is 1420 g/mol. The molecule has 6 heteroatoms. The summed E-state index contributed by atoms with van der Waals surface area (Å²) in [5, 5.41) is 14.9. The zero-order valence-corrected chi connectivity index (χ0v) is 57.0. The number of rotatable bonds is 11. The summed E-state index contributed by atoms with van der Waals surface area (Å²) in [6.07, 6.45) is 0. The van der Waals surface area contributed by atoms with Gasteiger partial charge in [-0.15, -0.1) is 0 Å². The van der Waals surface area contributed by atoms with E-state index in [1.54, 1.807) is 0 Å². The molecule has 0 aromatic heterocycles. The fourth-order valence-electron chi connectivity index (χ4n) is 13.3. The van der Waals surface area contributed by atoms with Crippen LogP contribution in [0.25, 0.3) is 86.9 Å². The molecule has 17 aromatic rings. The summed E-state index contributed by atoms with van der Waals surface area (Å²) in [6, 6.07) is 134. The van der Waals surface area contributed by atoms with Crippen molar-refractivity contribution >= 4 is 164 Å². The lowest BCUT2D eigenvalue weighted by Crippen LogP contribution is -2.09. The lowest BCUT2D eigenvalue weighted by molar-refractivity contribution is 1.28. The Bertz CT molecular complexity index is 5180. The van der Waals surface area contributed by atoms with Crippen molar-refractivity contribution < 1.29 is 0 Å². The molecular weight excluding hydrogens is 1360 g/mol. The van der Waals surface area contributed by atoms with Crippen molar-refractivity contribution in [1.29, 1.82) is 0 Å². The van der Waals surface area contributed by atoms with Gasteiger partial charge in [0.25, 0.3) is 0 Å². The Kier molecular flexibility index (Phi) is 17.9. The number of hydrogen-bond donors (Lipinski definition) is 0. The Morgan fingerprint density at radius 1 is 0.167 bits per heavy atom. The van der Waals surface area contributed by atoms with E-state index in [2.05, 4.69) is 420 Å². The SMILES string of the molecule is Brc1c2ccccc2c(Br)c2cc3ccccc3cc12.Brc1cccc(N(c2ccccc2)c2ccccc2)c1.c1ccc(N(c2ccccc2)c2cccc(-c3c4ccccc4c(-c4cccc(N(c5ccccc5)c5ccccc5)c4)c4cc5ccccc5cc34)c2)cc1. The Balaban J connectivity index is 0.000000152. The first-order valence-corrected chi connectivity index (χ1v) is 34.5. The molecule has 3 nitrogen and oxygen atoms in total. The Labute approximate surface area is 585 Å². The van der Waals surface area contributed by atoms with Crippen molar-refractivity contribution in [2.24, 2.45) is 0 Å². The minimum absolute atomic E-state index is 1.08. The van der Waals surface area contributed by atoms with Crippen LogP contribution in [0.3, 0.4) is 0 Å². The molecule has 0 unspecified atom stereocenters. The van der Waals surface area contributed by atoms with Crippen LogP contribution in [0.5, 0.6) is 0 Å². The van der Waals surface area contributed by atoms with Gasteiger partial charge in [0.15, 0.2) is 0 Å². The van der Waals surface area contributed by atoms with Gasteiger partial charge in [-0.2, -0.15) is 0 Å². The summed E-state index contributed by atoms with van der Waals surface area (Å²) in [4.78, 5) is 6.92. The highest BCUT2D eigenvalue weighted by atomic mass is 79.9. The second-order valence-corrected chi connectivity index (χ2v) is 26.1. The Morgan fingerprint density at radius 2 is 0.406 bits per heavy atom. The predicted octanol–water partition coefficient (Wildman–Crippen LogP) is 28.0. The van der Waals surface area contributed by atoms with E-state index in [0.29, 0.717) is 0 Å². The molecule has 0 N–H and O–H groups in total. The van der Waals surface area contributed by atoms with E-state index in [1.165, 1.54) is 86.9 Å². The van der Waals surface area contributed by atoms with Gasteiger partial charge in [-0.05, 0) is 258 Å². The van der Waals surface area contributed by atoms with Gasteiger partial charge in [-0.1, -0.05) is 253 Å². The van der Waals surface area contributed by atoms with E-state index in [-0.39, 0.29) is 0 Å². The fraction of sp³-hybridized carbons (Fsp3) is 0. The lowest BCUT2D eigenvalue weighted by Gasteiger charge is -2.27. The molecule has 0 saturated heterocycles. The van der Waals surface area contributed by atoms with Crippen LogP contribution in [0, 0.1) is 0 Å². The molecule has 0 bridgehead atoms. The molecule has 458 valence electrons. The van der Waals surface area contributed by atoms with Crippen molar-refractivity contribution in [2.45, 2.75) is 0 Å². The maximum atomic E-state index is 3.78. The molecule has 0 saturated carbocycles. The third kappa shape index (κ3) is 12.6. The summed E-state index contributed by atoms with van der Waals surface area (Å²) < 4.78 is 3.40. The van der Waals surface area contributed by atoms with Gasteiger partial charge in [0.05, 0.1) is 0 Å². The van der Waals surface area contributed by atoms with Crippen LogP contribution in [0.2, 0.25) is 0 Å². The number of halogens is 3. The highest BCUT2D eigenvalue weighted by molar-refractivity contribution is 9.11. The van der Waals surface area contributed by atoms with Crippen molar-refractivity contribution in [2.75, 3.05) is 14.7 Å². The number of benzene rings is 17. The molecule has 0 atom stereocenters. The summed E-state index contributed by atoms with van der Waals surface area (Å²) in [5.41, 5.74) is 14.9. The van der Waals surface area contributed by atoms with E-state index < -0.39 is 0 Å². The van der Waals surface area contributed by atoms with Crippen molar-refractivity contribution in [3.8, 4) is 22.3 Å². The zero-order chi connectivity index (χ0) is 64.7. The molecule has 0 aliphatic rings. The molecule has 0 aliphatic heterocycles. The summed E-state index contributed by atoms with van der Waals surface area (Å²) in [5.74, 6) is 0. The van der Waals surface area contributed by atoms with Crippen LogP contribution >= 0.6 is 47.8 Å². The quantitative estimate of drug-likeness (QED) is 0.120. The van der Waals surface area contributed by atoms with Crippen molar-refractivity contribution in [3.05, 3.63) is 390 Å². The molecule has 0 aliphatic carbocycles. The summed E-state index contributed by atoms with van der Waals surface area (Å²) >= 11 is 11.1. The van der Waals surface area contributed by atoms with Gasteiger partial charge in [0.2, 0.25) is 0 Å². The molecule has 0 spiro atoms. The molecule has 0 heterocycles. The van der Waals surface area contributed by atoms with Gasteiger partial charge in [-0.3, -0.25) is 0 Å². The third-order valence-corrected chi connectivity index (χ3v) is 19.8. The third-order valence-electron chi connectivity index (χ3n) is 17.6. The van der Waals surface area contributed by atoms with Gasteiger partial charge >= 0.3 is 0 Å². The second-order valence-electron chi connectivity index (χ2n) is 23.6. The first kappa shape index (κ1) is 61.3. The van der Waals surface area contributed by atoms with E-state index in [0.717, 1.165) is 64.6 Å². The van der Waals surface area contributed by atoms with E-state index in [4.69, 9.17) is 0 Å². The number of hydrogen-bond acceptors (Lipinski definition) is 3. The first-order valence-electron chi connectivity index (χ1n) is 32.1. The van der Waals surface area contributed by atoms with E-state index >= 15 is 0 Å². The number of nitrogens with zero attached hydrogens (tertiary/aromatic N) is 3. The molecule has 17 rings (SSSR count). The van der Waals surface area contributed by atoms with Crippen LogP contribution in [0.1, 0.15) is 0 Å². The Morgan fingerprint density at radius 3 is 0.708 bits per heavy atom. The minimum Gasteiger partial charge on any atom is -0.310 e. The topological polar surface area (TPSA) is 9.72 Å². The average Bonchev–Trinajstić information content (AvgIpc) is 0.734. The zero-order valence-electron chi connectivity index (χ0n) is 52.3. The average molecular weight is 1430 g/mol. The molecule has 0 amide bonds. The molecule has 0 radical (unpaired) electrons. The highest BCUT2D eigenvalue weighted by Gasteiger charge is 2.22. The largest absolute Gasteiger partial charge is 0.310 e. The van der Waals surface area contributed by atoms with Gasteiger partial charge in [-0.25, -0.2) is 0 Å². The van der Waals surface area contributed by atoms with E-state index in [9.17, 15) is 0 Å². The molecule has 96 heavy (non-hydrogen) atoms. The smallest absolute Gasteiger partial charge is 0.0472 e. The standard InChI is InChI=1S/C54H38N2.C18H10Br2.C18H14BrN/c1-5-23-43(24-6-1)55(44-25-7-2-8-26-44)47-31-17-21-41(35-47)53-49-33-15-16-34-50(49)54(52-38-40-20-14-13-19-39(40)37-51(52)53)42-22-18-32-48(36-42)56(45-27-9-3-10-28-45)46-29-11-4-12-30-46;19-17-13-7-3-4-8-14(13)18(20)16-10-12-6-2-1-5-11(12)9-15(16)17;19-15-8-7-13-18(14-15)20(16-9-3-1-4-10-16)17-11-5-2-6-12-17/h1-38H;1-10H;1-14H. The molecular formula is C90H62Br3N3. The maximum Gasteiger partial charge on any atom is 0.0472 e. The second kappa shape index (κ2) is 28.0. The summed E-state index contributed by atoms with van der Waals surface area (Å²) in [7, 11) is 0. The van der Waals surface area contributed by atoms with E-state index in [1.807, 2.05) is 18.2 Å². The first-order chi connectivity index (χ1) is 47.4. The van der Waals surface area contributed by atoms with Gasteiger partial charge < -0.3 is 14.7 Å². The number of fused-ring (bicyclic) bond motifs is 6. The van der Waals surface area contributed by atoms with Crippen LogP contribution in [0.4, 0.5) is 51.2 Å². The van der Waals surface area contributed by atoms with Crippen LogP contribution in [-0.2, 0) is 0 Å². The van der Waals surface area contributed by atoms with Crippen molar-refractivity contribution in [1.82, 2.24) is 0 Å². The fourth-order valence-corrected chi connectivity index (χ4v) is 15.0. The molecule has 0 fully saturated rings. The van der Waals surface area contributed by atoms with Crippen molar-refractivity contribution in [3.63, 3.8) is 0 Å². The normalized spacial score (nSPS) is 11.1. The van der Waals surface area contributed by atoms with Gasteiger partial charge in [0, 0.05) is 64.6 Å². The van der Waals surface area contributed by atoms with Crippen LogP contribution < -0.4 is 14.7 Å². The minimum atomic E-state index is 1.08.